The minimum absolute atomic E-state index is 0.0267. The first-order valence-electron chi connectivity index (χ1n) is 7.05. The molecule has 1 heterocycles. The Balaban J connectivity index is 2.02. The van der Waals surface area contributed by atoms with E-state index in [1.807, 2.05) is 36.1 Å². The number of nitrogens with one attached hydrogen (secondary N) is 1. The van der Waals surface area contributed by atoms with Crippen molar-refractivity contribution in [2.24, 2.45) is 5.73 Å². The number of nitrogens with zero attached hydrogens (tertiary/aromatic N) is 1. The van der Waals surface area contributed by atoms with Gasteiger partial charge >= 0.3 is 6.03 Å². The summed E-state index contributed by atoms with van der Waals surface area (Å²) >= 11 is 0. The quantitative estimate of drug-likeness (QED) is 0.860. The number of hydrogen-bond donors (Lipinski definition) is 2. The molecule has 1 atom stereocenters. The van der Waals surface area contributed by atoms with Crippen LogP contribution in [0.25, 0.3) is 0 Å². The Morgan fingerprint density at radius 2 is 2.05 bits per heavy atom. The maximum atomic E-state index is 12.3. The summed E-state index contributed by atoms with van der Waals surface area (Å²) in [7, 11) is 0. The van der Waals surface area contributed by atoms with Crippen molar-refractivity contribution in [1.29, 1.82) is 0 Å². The SMILES string of the molecule is Cc1ccc(NC(=O)N2CCCCCC2CN)cc1. The molecule has 1 aliphatic rings. The van der Waals surface area contributed by atoms with Crippen LogP contribution in [-0.4, -0.2) is 30.1 Å². The van der Waals surface area contributed by atoms with Gasteiger partial charge in [0.15, 0.2) is 0 Å². The standard InChI is InChI=1S/C15H23N3O/c1-12-6-8-13(9-7-12)17-15(19)18-10-4-2-3-5-14(18)11-16/h6-9,14H,2-5,10-11,16H2,1H3,(H,17,19). The lowest BCUT2D eigenvalue weighted by Gasteiger charge is -2.29. The Hall–Kier alpha value is -1.55. The van der Waals surface area contributed by atoms with Gasteiger partial charge in [0.2, 0.25) is 0 Å². The highest BCUT2D eigenvalue weighted by Crippen LogP contribution is 2.18. The van der Waals surface area contributed by atoms with E-state index in [1.165, 1.54) is 12.0 Å². The Kier molecular flexibility index (Phi) is 4.80. The number of carbonyl (C=O) groups is 1. The Labute approximate surface area is 115 Å². The van der Waals surface area contributed by atoms with Gasteiger partial charge < -0.3 is 16.0 Å². The van der Waals surface area contributed by atoms with Crippen LogP contribution in [0.4, 0.5) is 10.5 Å². The van der Waals surface area contributed by atoms with E-state index >= 15 is 0 Å². The van der Waals surface area contributed by atoms with Gasteiger partial charge in [0.25, 0.3) is 0 Å². The monoisotopic (exact) mass is 261 g/mol. The van der Waals surface area contributed by atoms with Crippen LogP contribution in [0.1, 0.15) is 31.2 Å². The second-order valence-corrected chi connectivity index (χ2v) is 5.23. The first-order chi connectivity index (χ1) is 9.20. The molecule has 104 valence electrons. The van der Waals surface area contributed by atoms with Crippen LogP contribution < -0.4 is 11.1 Å². The number of likely N-dealkylation sites (tertiary alicyclic amines) is 1. The fourth-order valence-electron chi connectivity index (χ4n) is 2.52. The van der Waals surface area contributed by atoms with Crippen LogP contribution in [0.15, 0.2) is 24.3 Å². The zero-order valence-corrected chi connectivity index (χ0v) is 11.6. The molecule has 0 aliphatic carbocycles. The molecular weight excluding hydrogens is 238 g/mol. The van der Waals surface area contributed by atoms with Crippen LogP contribution >= 0.6 is 0 Å². The largest absolute Gasteiger partial charge is 0.328 e. The number of nitrogens with two attached hydrogens (primary N) is 1. The van der Waals surface area contributed by atoms with Crippen LogP contribution in [0.3, 0.4) is 0 Å². The van der Waals surface area contributed by atoms with Crippen LogP contribution in [0.2, 0.25) is 0 Å². The van der Waals surface area contributed by atoms with E-state index in [0.29, 0.717) is 6.54 Å². The average Bonchev–Trinajstić information content (AvgIpc) is 2.66. The van der Waals surface area contributed by atoms with Crippen molar-refractivity contribution in [2.45, 2.75) is 38.6 Å². The van der Waals surface area contributed by atoms with E-state index < -0.39 is 0 Å². The summed E-state index contributed by atoms with van der Waals surface area (Å²) < 4.78 is 0. The van der Waals surface area contributed by atoms with Crippen LogP contribution in [0, 0.1) is 6.92 Å². The van der Waals surface area contributed by atoms with Gasteiger partial charge in [-0.25, -0.2) is 4.79 Å². The topological polar surface area (TPSA) is 58.4 Å². The van der Waals surface area contributed by atoms with Gasteiger partial charge in [-0.1, -0.05) is 30.5 Å². The van der Waals surface area contributed by atoms with Gasteiger partial charge in [-0.2, -0.15) is 0 Å². The first kappa shape index (κ1) is 13.9. The molecule has 0 aromatic heterocycles. The number of aryl methyl sites for hydroxylation is 1. The van der Waals surface area contributed by atoms with E-state index in [1.54, 1.807) is 0 Å². The summed E-state index contributed by atoms with van der Waals surface area (Å²) in [5, 5.41) is 2.96. The van der Waals surface area contributed by atoms with E-state index in [0.717, 1.165) is 31.5 Å². The summed E-state index contributed by atoms with van der Waals surface area (Å²) in [6, 6.07) is 8.01. The van der Waals surface area contributed by atoms with Crippen molar-refractivity contribution in [3.05, 3.63) is 29.8 Å². The predicted molar refractivity (Wildman–Crippen MR) is 78.2 cm³/mol. The lowest BCUT2D eigenvalue weighted by Crippen LogP contribution is -2.46. The molecule has 0 saturated carbocycles. The van der Waals surface area contributed by atoms with E-state index in [4.69, 9.17) is 5.73 Å². The van der Waals surface area contributed by atoms with Crippen molar-refractivity contribution in [3.8, 4) is 0 Å². The maximum Gasteiger partial charge on any atom is 0.322 e. The molecule has 4 heteroatoms. The molecule has 1 aromatic rings. The zero-order valence-electron chi connectivity index (χ0n) is 11.6. The van der Waals surface area contributed by atoms with E-state index in [9.17, 15) is 4.79 Å². The molecule has 3 N–H and O–H groups in total. The van der Waals surface area contributed by atoms with Gasteiger partial charge in [0.05, 0.1) is 0 Å². The minimum atomic E-state index is -0.0267. The third-order valence-corrected chi connectivity index (χ3v) is 3.71. The van der Waals surface area contributed by atoms with E-state index in [2.05, 4.69) is 5.32 Å². The van der Waals surface area contributed by atoms with Gasteiger partial charge in [-0.3, -0.25) is 0 Å². The van der Waals surface area contributed by atoms with Crippen molar-refractivity contribution in [1.82, 2.24) is 4.90 Å². The number of hydrogen-bond acceptors (Lipinski definition) is 2. The highest BCUT2D eigenvalue weighted by Gasteiger charge is 2.24. The minimum Gasteiger partial charge on any atom is -0.328 e. The molecular formula is C15H23N3O. The summed E-state index contributed by atoms with van der Waals surface area (Å²) in [6.07, 6.45) is 4.43. The number of rotatable bonds is 2. The van der Waals surface area contributed by atoms with Crippen LogP contribution in [-0.2, 0) is 0 Å². The van der Waals surface area contributed by atoms with Gasteiger partial charge in [0, 0.05) is 24.8 Å². The Morgan fingerprint density at radius 3 is 2.74 bits per heavy atom. The molecule has 0 spiro atoms. The Morgan fingerprint density at radius 1 is 1.32 bits per heavy atom. The summed E-state index contributed by atoms with van der Waals surface area (Å²) in [4.78, 5) is 14.2. The number of urea groups is 1. The average molecular weight is 261 g/mol. The van der Waals surface area contributed by atoms with E-state index in [-0.39, 0.29) is 12.1 Å². The molecule has 1 unspecified atom stereocenters. The molecule has 1 saturated heterocycles. The fourth-order valence-corrected chi connectivity index (χ4v) is 2.52. The predicted octanol–water partition coefficient (Wildman–Crippen LogP) is 2.73. The van der Waals surface area contributed by atoms with Crippen molar-refractivity contribution in [2.75, 3.05) is 18.4 Å². The van der Waals surface area contributed by atoms with Gasteiger partial charge in [-0.15, -0.1) is 0 Å². The van der Waals surface area contributed by atoms with Crippen molar-refractivity contribution in [3.63, 3.8) is 0 Å². The Bertz CT molecular complexity index is 416. The smallest absolute Gasteiger partial charge is 0.322 e. The molecule has 4 nitrogen and oxygen atoms in total. The highest BCUT2D eigenvalue weighted by molar-refractivity contribution is 5.89. The normalized spacial score (nSPS) is 19.9. The second kappa shape index (κ2) is 6.57. The molecule has 2 rings (SSSR count). The molecule has 2 amide bonds. The third kappa shape index (κ3) is 3.70. The maximum absolute atomic E-state index is 12.3. The third-order valence-electron chi connectivity index (χ3n) is 3.71. The molecule has 0 radical (unpaired) electrons. The summed E-state index contributed by atoms with van der Waals surface area (Å²) in [5.74, 6) is 0. The highest BCUT2D eigenvalue weighted by atomic mass is 16.2. The molecule has 1 aliphatic heterocycles. The lowest BCUT2D eigenvalue weighted by molar-refractivity contribution is 0.191. The number of anilines is 1. The van der Waals surface area contributed by atoms with Gasteiger partial charge in [-0.05, 0) is 31.9 Å². The van der Waals surface area contributed by atoms with Crippen LogP contribution in [0.5, 0.6) is 0 Å². The summed E-state index contributed by atoms with van der Waals surface area (Å²) in [6.45, 7) is 3.38. The molecule has 19 heavy (non-hydrogen) atoms. The number of benzene rings is 1. The van der Waals surface area contributed by atoms with Crippen molar-refractivity contribution < 1.29 is 4.79 Å². The number of amides is 2. The second-order valence-electron chi connectivity index (χ2n) is 5.23. The lowest BCUT2D eigenvalue weighted by atomic mass is 10.1. The zero-order chi connectivity index (χ0) is 13.7. The fraction of sp³-hybridized carbons (Fsp3) is 0.533. The van der Waals surface area contributed by atoms with Gasteiger partial charge in [0.1, 0.15) is 0 Å². The molecule has 1 aromatic carbocycles. The number of carbonyl (C=O) groups excluding carboxylic acids is 1. The molecule has 1 fully saturated rings. The summed E-state index contributed by atoms with van der Waals surface area (Å²) in [5.41, 5.74) is 7.82. The first-order valence-corrected chi connectivity index (χ1v) is 7.05. The molecule has 0 bridgehead atoms. The van der Waals surface area contributed by atoms with Crippen molar-refractivity contribution >= 4 is 11.7 Å².